The molecule has 1 amide bonds. The van der Waals surface area contributed by atoms with Crippen LogP contribution in [0.4, 0.5) is 0 Å². The van der Waals surface area contributed by atoms with Crippen LogP contribution in [0, 0.1) is 0 Å². The minimum atomic E-state index is -0.178. The number of nitrogens with zero attached hydrogens (tertiary/aromatic N) is 2. The summed E-state index contributed by atoms with van der Waals surface area (Å²) in [7, 11) is 3.22. The van der Waals surface area contributed by atoms with Crippen LogP contribution in [0.25, 0.3) is 10.2 Å². The Kier molecular flexibility index (Phi) is 4.12. The molecule has 0 aliphatic carbocycles. The molecular weight excluding hydrogens is 314 g/mol. The van der Waals surface area contributed by atoms with Crippen LogP contribution in [0.2, 0.25) is 0 Å². The topological polar surface area (TPSA) is 75.3 Å². The molecule has 2 aromatic heterocycles. The number of aromatic nitrogens is 2. The number of carbonyl (C=O) groups is 1. The minimum absolute atomic E-state index is 0.169. The lowest BCUT2D eigenvalue weighted by Gasteiger charge is -2.17. The standard InChI is InChI=1S/C16H15N3O3S/c1-19(16(21)10-4-3-5-11(8-10)22-2)9-13-17-12-6-7-23-14(12)15(20)18-13/h3-8H,9H2,1-2H3,(H,17,18,20). The molecule has 2 heterocycles. The lowest BCUT2D eigenvalue weighted by Crippen LogP contribution is -2.28. The summed E-state index contributed by atoms with van der Waals surface area (Å²) in [6.07, 6.45) is 0. The lowest BCUT2D eigenvalue weighted by molar-refractivity contribution is 0.0781. The van der Waals surface area contributed by atoms with Crippen LogP contribution in [-0.2, 0) is 6.54 Å². The third kappa shape index (κ3) is 3.09. The molecule has 0 saturated carbocycles. The average molecular weight is 329 g/mol. The van der Waals surface area contributed by atoms with Crippen LogP contribution in [-0.4, -0.2) is 34.9 Å². The van der Waals surface area contributed by atoms with Gasteiger partial charge in [0.25, 0.3) is 11.5 Å². The molecule has 0 fully saturated rings. The number of aromatic amines is 1. The molecule has 0 spiro atoms. The van der Waals surface area contributed by atoms with Gasteiger partial charge in [0.2, 0.25) is 0 Å². The van der Waals surface area contributed by atoms with E-state index in [0.29, 0.717) is 27.4 Å². The summed E-state index contributed by atoms with van der Waals surface area (Å²) >= 11 is 1.35. The second-order valence-electron chi connectivity index (χ2n) is 5.04. The largest absolute Gasteiger partial charge is 0.497 e. The summed E-state index contributed by atoms with van der Waals surface area (Å²) < 4.78 is 5.72. The summed E-state index contributed by atoms with van der Waals surface area (Å²) in [6.45, 7) is 0.219. The number of fused-ring (bicyclic) bond motifs is 1. The van der Waals surface area contributed by atoms with Gasteiger partial charge in [0.15, 0.2) is 0 Å². The molecule has 6 nitrogen and oxygen atoms in total. The van der Waals surface area contributed by atoms with Crippen molar-refractivity contribution in [2.75, 3.05) is 14.2 Å². The van der Waals surface area contributed by atoms with Crippen molar-refractivity contribution in [3.63, 3.8) is 0 Å². The SMILES string of the molecule is COc1cccc(C(=O)N(C)Cc2nc3ccsc3c(=O)[nH]2)c1. The molecular formula is C16H15N3O3S. The molecule has 7 heteroatoms. The Morgan fingerprint density at radius 1 is 1.39 bits per heavy atom. The van der Waals surface area contributed by atoms with Crippen LogP contribution in [0.5, 0.6) is 5.75 Å². The first kappa shape index (κ1) is 15.2. The van der Waals surface area contributed by atoms with Gasteiger partial charge >= 0.3 is 0 Å². The van der Waals surface area contributed by atoms with Gasteiger partial charge in [-0.1, -0.05) is 6.07 Å². The highest BCUT2D eigenvalue weighted by atomic mass is 32.1. The molecule has 0 radical (unpaired) electrons. The quantitative estimate of drug-likeness (QED) is 0.797. The van der Waals surface area contributed by atoms with Crippen molar-refractivity contribution < 1.29 is 9.53 Å². The highest BCUT2D eigenvalue weighted by Gasteiger charge is 2.14. The molecule has 23 heavy (non-hydrogen) atoms. The third-order valence-electron chi connectivity index (χ3n) is 3.41. The van der Waals surface area contributed by atoms with Crippen molar-refractivity contribution in [1.29, 1.82) is 0 Å². The number of ether oxygens (including phenoxy) is 1. The molecule has 1 N–H and O–H groups in total. The molecule has 0 bridgehead atoms. The first-order valence-electron chi connectivity index (χ1n) is 6.94. The number of H-pyrrole nitrogens is 1. The van der Waals surface area contributed by atoms with Gasteiger partial charge in [-0.25, -0.2) is 4.98 Å². The Morgan fingerprint density at radius 3 is 3.00 bits per heavy atom. The highest BCUT2D eigenvalue weighted by Crippen LogP contribution is 2.16. The Labute approximate surface area is 136 Å². The molecule has 0 aliphatic rings. The van der Waals surface area contributed by atoms with Crippen molar-refractivity contribution in [1.82, 2.24) is 14.9 Å². The van der Waals surface area contributed by atoms with Gasteiger partial charge in [-0.3, -0.25) is 9.59 Å². The molecule has 3 rings (SSSR count). The predicted molar refractivity (Wildman–Crippen MR) is 89.0 cm³/mol. The number of carbonyl (C=O) groups excluding carboxylic acids is 1. The molecule has 3 aromatic rings. The molecule has 0 atom stereocenters. The maximum absolute atomic E-state index is 12.5. The van der Waals surface area contributed by atoms with Crippen LogP contribution in [0.3, 0.4) is 0 Å². The summed E-state index contributed by atoms with van der Waals surface area (Å²) in [5.74, 6) is 0.909. The molecule has 118 valence electrons. The van der Waals surface area contributed by atoms with Crippen LogP contribution in [0.1, 0.15) is 16.2 Å². The van der Waals surface area contributed by atoms with E-state index in [1.165, 1.54) is 16.2 Å². The third-order valence-corrected chi connectivity index (χ3v) is 4.32. The van der Waals surface area contributed by atoms with E-state index in [1.54, 1.807) is 44.5 Å². The fourth-order valence-corrected chi connectivity index (χ4v) is 2.99. The number of benzene rings is 1. The van der Waals surface area contributed by atoms with E-state index < -0.39 is 0 Å². The summed E-state index contributed by atoms with van der Waals surface area (Å²) in [5.41, 5.74) is 0.990. The number of rotatable bonds is 4. The predicted octanol–water partition coefficient (Wildman–Crippen LogP) is 2.27. The Hall–Kier alpha value is -2.67. The number of amides is 1. The second kappa shape index (κ2) is 6.21. The fraction of sp³-hybridized carbons (Fsp3) is 0.188. The molecule has 0 aliphatic heterocycles. The Bertz CT molecular complexity index is 916. The molecule has 1 aromatic carbocycles. The first-order chi connectivity index (χ1) is 11.1. The van der Waals surface area contributed by atoms with Crippen LogP contribution >= 0.6 is 11.3 Å². The van der Waals surface area contributed by atoms with Gasteiger partial charge < -0.3 is 14.6 Å². The van der Waals surface area contributed by atoms with Crippen molar-refractivity contribution in [2.45, 2.75) is 6.54 Å². The summed E-state index contributed by atoms with van der Waals surface area (Å²) in [5, 5.41) is 1.82. The van der Waals surface area contributed by atoms with E-state index in [1.807, 2.05) is 5.38 Å². The van der Waals surface area contributed by atoms with Crippen LogP contribution in [0.15, 0.2) is 40.5 Å². The lowest BCUT2D eigenvalue weighted by atomic mass is 10.2. The van der Waals surface area contributed by atoms with Gasteiger partial charge in [0.05, 0.1) is 19.2 Å². The van der Waals surface area contributed by atoms with Crippen molar-refractivity contribution >= 4 is 27.5 Å². The number of thiophene rings is 1. The van der Waals surface area contributed by atoms with E-state index in [0.717, 1.165) is 0 Å². The van der Waals surface area contributed by atoms with Crippen LogP contribution < -0.4 is 10.3 Å². The van der Waals surface area contributed by atoms with E-state index in [2.05, 4.69) is 9.97 Å². The smallest absolute Gasteiger partial charge is 0.268 e. The first-order valence-corrected chi connectivity index (χ1v) is 7.82. The van der Waals surface area contributed by atoms with Gasteiger partial charge in [-0.05, 0) is 29.6 Å². The Morgan fingerprint density at radius 2 is 2.22 bits per heavy atom. The number of hydrogen-bond donors (Lipinski definition) is 1. The number of nitrogens with one attached hydrogen (secondary N) is 1. The highest BCUT2D eigenvalue weighted by molar-refractivity contribution is 7.17. The van der Waals surface area contributed by atoms with E-state index >= 15 is 0 Å². The normalized spacial score (nSPS) is 10.7. The van der Waals surface area contributed by atoms with E-state index in [9.17, 15) is 9.59 Å². The van der Waals surface area contributed by atoms with Gasteiger partial charge in [-0.2, -0.15) is 0 Å². The molecule has 0 saturated heterocycles. The maximum Gasteiger partial charge on any atom is 0.268 e. The van der Waals surface area contributed by atoms with Gasteiger partial charge in [0.1, 0.15) is 16.3 Å². The second-order valence-corrected chi connectivity index (χ2v) is 5.96. The zero-order valence-electron chi connectivity index (χ0n) is 12.7. The Balaban J connectivity index is 1.83. The van der Waals surface area contributed by atoms with E-state index in [-0.39, 0.29) is 18.0 Å². The molecule has 0 unspecified atom stereocenters. The van der Waals surface area contributed by atoms with E-state index in [4.69, 9.17) is 4.74 Å². The average Bonchev–Trinajstić information content (AvgIpc) is 3.03. The zero-order valence-corrected chi connectivity index (χ0v) is 13.5. The zero-order chi connectivity index (χ0) is 16.4. The van der Waals surface area contributed by atoms with Gasteiger partial charge in [-0.15, -0.1) is 11.3 Å². The monoisotopic (exact) mass is 329 g/mol. The van der Waals surface area contributed by atoms with Crippen molar-refractivity contribution in [3.05, 3.63) is 57.5 Å². The fourth-order valence-electron chi connectivity index (χ4n) is 2.27. The minimum Gasteiger partial charge on any atom is -0.497 e. The van der Waals surface area contributed by atoms with Crippen molar-refractivity contribution in [3.8, 4) is 5.75 Å². The van der Waals surface area contributed by atoms with Crippen molar-refractivity contribution in [2.24, 2.45) is 0 Å². The number of hydrogen-bond acceptors (Lipinski definition) is 5. The van der Waals surface area contributed by atoms with Gasteiger partial charge in [0, 0.05) is 12.6 Å². The maximum atomic E-state index is 12.5. The summed E-state index contributed by atoms with van der Waals surface area (Å²) in [6, 6.07) is 8.73. The summed E-state index contributed by atoms with van der Waals surface area (Å²) in [4.78, 5) is 33.0. The number of methoxy groups -OCH3 is 1.